The molecule has 4 aromatic rings. The van der Waals surface area contributed by atoms with Crippen LogP contribution in [0.15, 0.2) is 19.2 Å². The molecule has 0 radical (unpaired) electrons. The van der Waals surface area contributed by atoms with Crippen LogP contribution < -0.4 is 22.2 Å². The summed E-state index contributed by atoms with van der Waals surface area (Å²) >= 11 is 0. The summed E-state index contributed by atoms with van der Waals surface area (Å²) in [6, 6.07) is 0. The molecule has 16 heteroatoms. The average Bonchev–Trinajstić information content (AvgIpc) is 2.74. The molecular formula is C22H22N8O8. The van der Waals surface area contributed by atoms with Gasteiger partial charge in [-0.1, -0.05) is 0 Å². The molecule has 0 aliphatic heterocycles. The zero-order valence-electron chi connectivity index (χ0n) is 20.4. The van der Waals surface area contributed by atoms with E-state index in [4.69, 9.17) is 0 Å². The van der Waals surface area contributed by atoms with Crippen molar-refractivity contribution in [3.8, 4) is 23.5 Å². The molecule has 0 aromatic carbocycles. The topological polar surface area (TPSA) is 264 Å². The predicted octanol–water partition coefficient (Wildman–Crippen LogP) is -0.960. The Balaban J connectivity index is 2.29. The van der Waals surface area contributed by atoms with Gasteiger partial charge in [-0.2, -0.15) is 0 Å². The Morgan fingerprint density at radius 2 is 0.632 bits per heavy atom. The zero-order chi connectivity index (χ0) is 28.0. The van der Waals surface area contributed by atoms with E-state index in [2.05, 4.69) is 39.9 Å². The number of aryl methyl sites for hydroxylation is 4. The summed E-state index contributed by atoms with van der Waals surface area (Å²) < 4.78 is 0. The quantitative estimate of drug-likeness (QED) is 0.156. The largest absolute Gasteiger partial charge is 0.493 e. The zero-order valence-corrected chi connectivity index (χ0v) is 20.4. The number of rotatable bonds is 5. The van der Waals surface area contributed by atoms with E-state index in [9.17, 15) is 39.6 Å². The minimum atomic E-state index is -1.95. The second-order valence-corrected chi connectivity index (χ2v) is 8.51. The van der Waals surface area contributed by atoms with Crippen LogP contribution in [-0.2, 0) is 0 Å². The van der Waals surface area contributed by atoms with Crippen molar-refractivity contribution >= 4 is 0 Å². The van der Waals surface area contributed by atoms with Gasteiger partial charge >= 0.3 is 0 Å². The van der Waals surface area contributed by atoms with Crippen molar-refractivity contribution in [1.29, 1.82) is 0 Å². The minimum Gasteiger partial charge on any atom is -0.493 e. The molecule has 198 valence electrons. The van der Waals surface area contributed by atoms with Crippen LogP contribution in [0.2, 0.25) is 0 Å². The summed E-state index contributed by atoms with van der Waals surface area (Å²) in [6.07, 6.45) is 0. The van der Waals surface area contributed by atoms with Crippen molar-refractivity contribution in [2.75, 3.05) is 0 Å². The number of hydrogen-bond donors (Lipinski definition) is 8. The maximum Gasteiger partial charge on any atom is 0.258 e. The Labute approximate surface area is 210 Å². The van der Waals surface area contributed by atoms with E-state index in [1.165, 1.54) is 27.7 Å². The summed E-state index contributed by atoms with van der Waals surface area (Å²) in [6.45, 7) is 5.43. The lowest BCUT2D eigenvalue weighted by Gasteiger charge is -2.27. The van der Waals surface area contributed by atoms with Gasteiger partial charge in [0.1, 0.15) is 23.3 Å². The molecule has 0 atom stereocenters. The molecule has 0 saturated carbocycles. The van der Waals surface area contributed by atoms with Crippen LogP contribution in [-0.4, -0.2) is 60.3 Å². The van der Waals surface area contributed by atoms with Gasteiger partial charge in [0.25, 0.3) is 22.2 Å². The molecular weight excluding hydrogens is 504 g/mol. The highest BCUT2D eigenvalue weighted by atomic mass is 16.3. The molecule has 8 N–H and O–H groups in total. The SMILES string of the molecule is Cc1nc(O)c(C(c2c(O)nc(C)[nH]c2=O)C(c2c(O)nc(C)[nH]c2=O)c2c(O)nc(C)[nH]c2=O)c(=O)[nH]1. The second kappa shape index (κ2) is 9.30. The number of H-pyrrole nitrogens is 4. The van der Waals surface area contributed by atoms with Gasteiger partial charge in [0.05, 0.1) is 22.3 Å². The van der Waals surface area contributed by atoms with Gasteiger partial charge in [-0.3, -0.25) is 19.2 Å². The van der Waals surface area contributed by atoms with Gasteiger partial charge in [0.2, 0.25) is 23.5 Å². The summed E-state index contributed by atoms with van der Waals surface area (Å²) in [4.78, 5) is 77.3. The fraction of sp³-hybridized carbons (Fsp3) is 0.273. The van der Waals surface area contributed by atoms with E-state index in [1.807, 2.05) is 0 Å². The molecule has 4 rings (SSSR count). The van der Waals surface area contributed by atoms with Crippen LogP contribution in [0.4, 0.5) is 0 Å². The second-order valence-electron chi connectivity index (χ2n) is 8.51. The number of nitrogens with one attached hydrogen (secondary N) is 4. The van der Waals surface area contributed by atoms with Crippen molar-refractivity contribution in [3.63, 3.8) is 0 Å². The summed E-state index contributed by atoms with van der Waals surface area (Å²) in [5.74, 6) is -7.69. The standard InChI is InChI=1S/C22H22N8O8/c1-5-23-15(31)11(16(32)24-5)9(12-17(33)25-6(2)26-18(12)34)10(13-19(35)27-7(3)28-20(13)36)14-21(37)29-8(4)30-22(14)38/h9-10H,1-4H3,(H2,23,24,31,32)(H2,25,26,33,34)(H2,27,28,35,36)(H2,29,30,37,38). The summed E-state index contributed by atoms with van der Waals surface area (Å²) in [7, 11) is 0. The highest BCUT2D eigenvalue weighted by Crippen LogP contribution is 2.46. The molecule has 4 heterocycles. The third kappa shape index (κ3) is 4.38. The van der Waals surface area contributed by atoms with Crippen molar-refractivity contribution in [1.82, 2.24) is 39.9 Å². The lowest BCUT2D eigenvalue weighted by Crippen LogP contribution is -2.34. The van der Waals surface area contributed by atoms with E-state index in [1.54, 1.807) is 0 Å². The normalized spacial score (nSPS) is 11.4. The Kier molecular flexibility index (Phi) is 6.32. The van der Waals surface area contributed by atoms with Crippen LogP contribution in [0.5, 0.6) is 23.5 Å². The van der Waals surface area contributed by atoms with Crippen LogP contribution in [0.1, 0.15) is 57.4 Å². The Morgan fingerprint density at radius 1 is 0.447 bits per heavy atom. The summed E-state index contributed by atoms with van der Waals surface area (Å²) in [5.41, 5.74) is -6.83. The van der Waals surface area contributed by atoms with E-state index in [-0.39, 0.29) is 23.3 Å². The van der Waals surface area contributed by atoms with Crippen molar-refractivity contribution < 1.29 is 20.4 Å². The fourth-order valence-electron chi connectivity index (χ4n) is 4.40. The van der Waals surface area contributed by atoms with Gasteiger partial charge in [-0.05, 0) is 27.7 Å². The van der Waals surface area contributed by atoms with Crippen LogP contribution >= 0.6 is 0 Å². The molecule has 0 spiro atoms. The number of nitrogens with zero attached hydrogens (tertiary/aromatic N) is 4. The van der Waals surface area contributed by atoms with Crippen LogP contribution in [0.25, 0.3) is 0 Å². The first-order valence-corrected chi connectivity index (χ1v) is 11.0. The Morgan fingerprint density at radius 3 is 0.789 bits per heavy atom. The average molecular weight is 526 g/mol. The number of aromatic hydroxyl groups is 4. The summed E-state index contributed by atoms with van der Waals surface area (Å²) in [5, 5.41) is 43.1. The molecule has 0 unspecified atom stereocenters. The van der Waals surface area contributed by atoms with Crippen molar-refractivity contribution in [2.45, 2.75) is 39.5 Å². The first-order valence-electron chi connectivity index (χ1n) is 11.0. The highest BCUT2D eigenvalue weighted by molar-refractivity contribution is 5.51. The van der Waals surface area contributed by atoms with E-state index >= 15 is 0 Å². The molecule has 0 saturated heterocycles. The van der Waals surface area contributed by atoms with Crippen LogP contribution in [0.3, 0.4) is 0 Å². The fourth-order valence-corrected chi connectivity index (χ4v) is 4.40. The molecule has 0 fully saturated rings. The van der Waals surface area contributed by atoms with Gasteiger partial charge < -0.3 is 40.4 Å². The third-order valence-corrected chi connectivity index (χ3v) is 5.79. The minimum absolute atomic E-state index is 0.0258. The number of aromatic nitrogens is 8. The molecule has 0 bridgehead atoms. The molecule has 0 aliphatic carbocycles. The molecule has 38 heavy (non-hydrogen) atoms. The first-order chi connectivity index (χ1) is 17.8. The first kappa shape index (κ1) is 25.8. The van der Waals surface area contributed by atoms with Crippen molar-refractivity contribution in [3.05, 3.63) is 87.0 Å². The van der Waals surface area contributed by atoms with Crippen LogP contribution in [0, 0.1) is 27.7 Å². The smallest absolute Gasteiger partial charge is 0.258 e. The Hall–Kier alpha value is -5.28. The number of aromatic amines is 4. The number of hydrogen-bond acceptors (Lipinski definition) is 12. The highest BCUT2D eigenvalue weighted by Gasteiger charge is 2.43. The molecule has 16 nitrogen and oxygen atoms in total. The van der Waals surface area contributed by atoms with E-state index in [0.717, 1.165) is 0 Å². The monoisotopic (exact) mass is 526 g/mol. The van der Waals surface area contributed by atoms with Gasteiger partial charge in [-0.15, -0.1) is 0 Å². The molecule has 0 amide bonds. The molecule has 0 aliphatic rings. The van der Waals surface area contributed by atoms with Gasteiger partial charge in [0.15, 0.2) is 0 Å². The third-order valence-electron chi connectivity index (χ3n) is 5.79. The van der Waals surface area contributed by atoms with E-state index in [0.29, 0.717) is 0 Å². The maximum absolute atomic E-state index is 13.2. The lowest BCUT2D eigenvalue weighted by molar-refractivity contribution is 0.400. The van der Waals surface area contributed by atoms with Crippen molar-refractivity contribution in [2.24, 2.45) is 0 Å². The Bertz CT molecular complexity index is 1560. The van der Waals surface area contributed by atoms with Gasteiger partial charge in [-0.25, -0.2) is 19.9 Å². The predicted molar refractivity (Wildman–Crippen MR) is 129 cm³/mol. The lowest BCUT2D eigenvalue weighted by atomic mass is 9.75. The van der Waals surface area contributed by atoms with E-state index < -0.39 is 79.8 Å². The van der Waals surface area contributed by atoms with Gasteiger partial charge in [0, 0.05) is 11.8 Å². The molecule has 4 aromatic heterocycles. The maximum atomic E-state index is 13.2.